The van der Waals surface area contributed by atoms with Crippen molar-refractivity contribution in [2.75, 3.05) is 26.2 Å². The second-order valence-corrected chi connectivity index (χ2v) is 6.77. The number of carbonyl (C=O) groups is 1. The molecule has 0 spiro atoms. The van der Waals surface area contributed by atoms with Crippen LogP contribution in [0, 0.1) is 0 Å². The monoisotopic (exact) mass is 354 g/mol. The van der Waals surface area contributed by atoms with Gasteiger partial charge in [0.15, 0.2) is 0 Å². The molecule has 1 heterocycles. The van der Waals surface area contributed by atoms with E-state index in [1.807, 2.05) is 30.3 Å². The van der Waals surface area contributed by atoms with E-state index >= 15 is 0 Å². The van der Waals surface area contributed by atoms with E-state index in [0.29, 0.717) is 17.9 Å². The van der Waals surface area contributed by atoms with E-state index in [2.05, 4.69) is 4.90 Å². The van der Waals surface area contributed by atoms with Crippen LogP contribution in [0.25, 0.3) is 11.1 Å². The van der Waals surface area contributed by atoms with E-state index in [4.69, 9.17) is 10.5 Å². The SMILES string of the molecule is NC(=O)c1cccc(-c2ccccc2OCC(O)CN2CCCCC2)c1. The largest absolute Gasteiger partial charge is 0.490 e. The van der Waals surface area contributed by atoms with Crippen molar-refractivity contribution in [2.24, 2.45) is 5.73 Å². The number of piperidine rings is 1. The smallest absolute Gasteiger partial charge is 0.248 e. The number of carbonyl (C=O) groups excluding carboxylic acids is 1. The van der Waals surface area contributed by atoms with Crippen LogP contribution in [0.15, 0.2) is 48.5 Å². The van der Waals surface area contributed by atoms with Crippen molar-refractivity contribution in [3.05, 3.63) is 54.1 Å². The number of aliphatic hydroxyl groups is 1. The molecule has 1 saturated heterocycles. The lowest BCUT2D eigenvalue weighted by molar-refractivity contribution is 0.0619. The van der Waals surface area contributed by atoms with Crippen LogP contribution in [0.5, 0.6) is 5.75 Å². The highest BCUT2D eigenvalue weighted by atomic mass is 16.5. The Hall–Kier alpha value is -2.37. The number of hydrogen-bond donors (Lipinski definition) is 2. The Morgan fingerprint density at radius 1 is 1.12 bits per heavy atom. The average molecular weight is 354 g/mol. The standard InChI is InChI=1S/C21H26N2O3/c22-21(25)17-8-6-7-16(13-17)19-9-2-3-10-20(19)26-15-18(24)14-23-11-4-1-5-12-23/h2-3,6-10,13,18,24H,1,4-5,11-12,14-15H2,(H2,22,25). The van der Waals surface area contributed by atoms with Gasteiger partial charge in [-0.3, -0.25) is 4.79 Å². The number of primary amides is 1. The number of para-hydroxylation sites is 1. The first-order valence-corrected chi connectivity index (χ1v) is 9.16. The second-order valence-electron chi connectivity index (χ2n) is 6.77. The minimum atomic E-state index is -0.530. The molecule has 0 aromatic heterocycles. The van der Waals surface area contributed by atoms with Gasteiger partial charge in [0.05, 0.1) is 0 Å². The summed E-state index contributed by atoms with van der Waals surface area (Å²) in [4.78, 5) is 13.7. The summed E-state index contributed by atoms with van der Waals surface area (Å²) in [6.07, 6.45) is 3.15. The molecule has 5 nitrogen and oxygen atoms in total. The maximum atomic E-state index is 11.4. The highest BCUT2D eigenvalue weighted by Gasteiger charge is 2.16. The summed E-state index contributed by atoms with van der Waals surface area (Å²) in [5, 5.41) is 10.3. The first kappa shape index (κ1) is 18.4. The molecule has 1 aliphatic rings. The predicted molar refractivity (Wildman–Crippen MR) is 102 cm³/mol. The first-order chi connectivity index (χ1) is 12.6. The molecule has 1 amide bonds. The van der Waals surface area contributed by atoms with Gasteiger partial charge in [-0.2, -0.15) is 0 Å². The van der Waals surface area contributed by atoms with Gasteiger partial charge in [0.2, 0.25) is 5.91 Å². The van der Waals surface area contributed by atoms with Crippen LogP contribution in [-0.4, -0.2) is 48.3 Å². The van der Waals surface area contributed by atoms with Crippen LogP contribution >= 0.6 is 0 Å². The lowest BCUT2D eigenvalue weighted by Gasteiger charge is -2.28. The van der Waals surface area contributed by atoms with Crippen molar-refractivity contribution in [1.29, 1.82) is 0 Å². The topological polar surface area (TPSA) is 75.8 Å². The molecular formula is C21H26N2O3. The lowest BCUT2D eigenvalue weighted by Crippen LogP contribution is -2.38. The molecule has 26 heavy (non-hydrogen) atoms. The molecule has 0 radical (unpaired) electrons. The minimum Gasteiger partial charge on any atom is -0.490 e. The fraction of sp³-hybridized carbons (Fsp3) is 0.381. The zero-order chi connectivity index (χ0) is 18.4. The van der Waals surface area contributed by atoms with Crippen molar-refractivity contribution in [2.45, 2.75) is 25.4 Å². The van der Waals surface area contributed by atoms with Gasteiger partial charge in [-0.25, -0.2) is 0 Å². The van der Waals surface area contributed by atoms with Crippen molar-refractivity contribution < 1.29 is 14.6 Å². The van der Waals surface area contributed by atoms with Crippen molar-refractivity contribution >= 4 is 5.91 Å². The fourth-order valence-corrected chi connectivity index (χ4v) is 3.35. The molecule has 1 atom stereocenters. The summed E-state index contributed by atoms with van der Waals surface area (Å²) in [5.74, 6) is 0.231. The zero-order valence-electron chi connectivity index (χ0n) is 14.9. The van der Waals surface area contributed by atoms with E-state index in [0.717, 1.165) is 24.2 Å². The fourth-order valence-electron chi connectivity index (χ4n) is 3.35. The van der Waals surface area contributed by atoms with E-state index in [-0.39, 0.29) is 6.61 Å². The summed E-state index contributed by atoms with van der Waals surface area (Å²) in [7, 11) is 0. The quantitative estimate of drug-likeness (QED) is 0.801. The molecule has 1 fully saturated rings. The number of rotatable bonds is 7. The Morgan fingerprint density at radius 3 is 2.65 bits per heavy atom. The van der Waals surface area contributed by atoms with Gasteiger partial charge < -0.3 is 20.5 Å². The van der Waals surface area contributed by atoms with Gasteiger partial charge in [-0.15, -0.1) is 0 Å². The maximum absolute atomic E-state index is 11.4. The molecule has 2 aromatic rings. The van der Waals surface area contributed by atoms with Crippen LogP contribution in [0.4, 0.5) is 0 Å². The van der Waals surface area contributed by atoms with E-state index in [1.54, 1.807) is 18.2 Å². The molecule has 138 valence electrons. The van der Waals surface area contributed by atoms with Gasteiger partial charge in [0.25, 0.3) is 0 Å². The molecule has 2 aromatic carbocycles. The molecule has 3 N–H and O–H groups in total. The van der Waals surface area contributed by atoms with Gasteiger partial charge >= 0.3 is 0 Å². The van der Waals surface area contributed by atoms with Crippen molar-refractivity contribution in [3.8, 4) is 16.9 Å². The molecule has 0 saturated carbocycles. The summed E-state index contributed by atoms with van der Waals surface area (Å²) in [6, 6.07) is 14.8. The number of ether oxygens (including phenoxy) is 1. The maximum Gasteiger partial charge on any atom is 0.248 e. The van der Waals surface area contributed by atoms with Crippen LogP contribution in [0.1, 0.15) is 29.6 Å². The number of hydrogen-bond acceptors (Lipinski definition) is 4. The average Bonchev–Trinajstić information content (AvgIpc) is 2.67. The zero-order valence-corrected chi connectivity index (χ0v) is 14.9. The summed E-state index contributed by atoms with van der Waals surface area (Å²) in [5.41, 5.74) is 7.58. The van der Waals surface area contributed by atoms with Gasteiger partial charge in [0.1, 0.15) is 18.5 Å². The molecule has 1 unspecified atom stereocenters. The van der Waals surface area contributed by atoms with Gasteiger partial charge in [0, 0.05) is 17.7 Å². The number of amides is 1. The number of benzene rings is 2. The van der Waals surface area contributed by atoms with Gasteiger partial charge in [-0.05, 0) is 49.7 Å². The Labute approximate surface area is 154 Å². The normalized spacial score (nSPS) is 16.2. The number of likely N-dealkylation sites (tertiary alicyclic amines) is 1. The molecule has 0 aliphatic carbocycles. The summed E-state index contributed by atoms with van der Waals surface area (Å²) < 4.78 is 5.90. The third-order valence-corrected chi connectivity index (χ3v) is 4.69. The second kappa shape index (κ2) is 8.83. The Balaban J connectivity index is 1.67. The highest BCUT2D eigenvalue weighted by Crippen LogP contribution is 2.30. The third-order valence-electron chi connectivity index (χ3n) is 4.69. The van der Waals surface area contributed by atoms with Gasteiger partial charge in [-0.1, -0.05) is 36.8 Å². The predicted octanol–water partition coefficient (Wildman–Crippen LogP) is 2.68. The van der Waals surface area contributed by atoms with Crippen molar-refractivity contribution in [1.82, 2.24) is 4.90 Å². The van der Waals surface area contributed by atoms with Crippen LogP contribution in [0.3, 0.4) is 0 Å². The third kappa shape index (κ3) is 4.84. The van der Waals surface area contributed by atoms with E-state index in [1.165, 1.54) is 19.3 Å². The molecule has 0 bridgehead atoms. The van der Waals surface area contributed by atoms with E-state index in [9.17, 15) is 9.90 Å². The molecule has 1 aliphatic heterocycles. The first-order valence-electron chi connectivity index (χ1n) is 9.16. The number of nitrogens with zero attached hydrogens (tertiary/aromatic N) is 1. The van der Waals surface area contributed by atoms with Crippen LogP contribution < -0.4 is 10.5 Å². The molecule has 5 heteroatoms. The highest BCUT2D eigenvalue weighted by molar-refractivity contribution is 5.94. The summed E-state index contributed by atoms with van der Waals surface area (Å²) in [6.45, 7) is 2.98. The Kier molecular flexibility index (Phi) is 6.26. The Bertz CT molecular complexity index is 742. The van der Waals surface area contributed by atoms with Crippen LogP contribution in [0.2, 0.25) is 0 Å². The minimum absolute atomic E-state index is 0.239. The number of aliphatic hydroxyl groups excluding tert-OH is 1. The van der Waals surface area contributed by atoms with Crippen molar-refractivity contribution in [3.63, 3.8) is 0 Å². The lowest BCUT2D eigenvalue weighted by atomic mass is 10.0. The van der Waals surface area contributed by atoms with E-state index < -0.39 is 12.0 Å². The number of β-amino-alcohol motifs (C(OH)–C–C–N with tert-alkyl or cyclic N) is 1. The van der Waals surface area contributed by atoms with Crippen LogP contribution in [-0.2, 0) is 0 Å². The Morgan fingerprint density at radius 2 is 1.88 bits per heavy atom. The molecule has 3 rings (SSSR count). The summed E-state index contributed by atoms with van der Waals surface area (Å²) >= 11 is 0. The molecular weight excluding hydrogens is 328 g/mol. The number of nitrogens with two attached hydrogens (primary N) is 1.